The quantitative estimate of drug-likeness (QED) is 0.629. The van der Waals surface area contributed by atoms with Gasteiger partial charge < -0.3 is 14.9 Å². The predicted octanol–water partition coefficient (Wildman–Crippen LogP) is 0.712. The molecule has 1 heterocycles. The van der Waals surface area contributed by atoms with Gasteiger partial charge in [-0.25, -0.2) is 0 Å². The Kier molecular flexibility index (Phi) is 6.29. The van der Waals surface area contributed by atoms with Gasteiger partial charge >= 0.3 is 0 Å². The molecule has 0 bridgehead atoms. The third kappa shape index (κ3) is 5.26. The third-order valence-corrected chi connectivity index (χ3v) is 2.77. The molecule has 0 amide bonds. The second-order valence-electron chi connectivity index (χ2n) is 5.00. The minimum atomic E-state index is 0.102. The van der Waals surface area contributed by atoms with Gasteiger partial charge in [0.15, 0.2) is 5.96 Å². The molecule has 0 radical (unpaired) electrons. The Morgan fingerprint density at radius 3 is 2.42 bits per heavy atom. The molecule has 0 saturated heterocycles. The van der Waals surface area contributed by atoms with Crippen LogP contribution in [0.5, 0.6) is 0 Å². The minimum Gasteiger partial charge on any atom is -0.396 e. The number of nitrogens with zero attached hydrogens (tertiary/aromatic N) is 4. The molecule has 0 fully saturated rings. The maximum Gasteiger partial charge on any atom is 0.195 e. The van der Waals surface area contributed by atoms with Crippen LogP contribution < -0.4 is 0 Å². The Balaban J connectivity index is 2.64. The van der Waals surface area contributed by atoms with Crippen LogP contribution in [0.25, 0.3) is 0 Å². The highest BCUT2D eigenvalue weighted by atomic mass is 16.3. The fourth-order valence-corrected chi connectivity index (χ4v) is 1.90. The highest BCUT2D eigenvalue weighted by Crippen LogP contribution is 2.07. The van der Waals surface area contributed by atoms with Gasteiger partial charge in [0.05, 0.1) is 0 Å². The zero-order chi connectivity index (χ0) is 14.3. The summed E-state index contributed by atoms with van der Waals surface area (Å²) in [4.78, 5) is 12.8. The molecule has 1 aromatic heterocycles. The van der Waals surface area contributed by atoms with Gasteiger partial charge in [-0.05, 0) is 18.6 Å². The van der Waals surface area contributed by atoms with E-state index in [1.807, 2.05) is 56.2 Å². The van der Waals surface area contributed by atoms with Crippen molar-refractivity contribution in [3.8, 4) is 0 Å². The Morgan fingerprint density at radius 2 is 1.95 bits per heavy atom. The summed E-state index contributed by atoms with van der Waals surface area (Å²) >= 11 is 0. The summed E-state index contributed by atoms with van der Waals surface area (Å²) in [5.74, 6) is 1.00. The highest BCUT2D eigenvalue weighted by Gasteiger charge is 2.11. The second kappa shape index (κ2) is 7.74. The monoisotopic (exact) mass is 264 g/mol. The first-order valence-corrected chi connectivity index (χ1v) is 6.44. The van der Waals surface area contributed by atoms with E-state index in [4.69, 9.17) is 0 Å². The number of aliphatic imine (C=N–C) groups is 1. The molecular weight excluding hydrogens is 240 g/mol. The van der Waals surface area contributed by atoms with Gasteiger partial charge in [-0.2, -0.15) is 0 Å². The van der Waals surface area contributed by atoms with E-state index in [1.54, 1.807) is 6.20 Å². The van der Waals surface area contributed by atoms with E-state index in [-0.39, 0.29) is 12.5 Å². The summed E-state index contributed by atoms with van der Waals surface area (Å²) in [5.41, 5.74) is 0.994. The van der Waals surface area contributed by atoms with E-state index < -0.39 is 0 Å². The van der Waals surface area contributed by atoms with Crippen LogP contribution in [0, 0.1) is 5.92 Å². The standard InChI is InChI=1S/C14H24N4O/c1-17(2)14(18(3)4)16-10-12(11-19)9-13-7-5-6-8-15-13/h5-8,12,19H,9-11H2,1-4H3. The number of hydrogen-bond donors (Lipinski definition) is 1. The van der Waals surface area contributed by atoms with E-state index in [1.165, 1.54) is 0 Å². The number of rotatable bonds is 5. The normalized spacial score (nSPS) is 11.8. The third-order valence-electron chi connectivity index (χ3n) is 2.77. The van der Waals surface area contributed by atoms with Crippen molar-refractivity contribution in [2.24, 2.45) is 10.9 Å². The van der Waals surface area contributed by atoms with Gasteiger partial charge in [0.1, 0.15) is 0 Å². The molecule has 5 nitrogen and oxygen atoms in total. The summed E-state index contributed by atoms with van der Waals surface area (Å²) in [6, 6.07) is 5.84. The molecule has 0 spiro atoms. The molecule has 0 aliphatic heterocycles. The number of pyridine rings is 1. The van der Waals surface area contributed by atoms with Crippen molar-refractivity contribution in [3.63, 3.8) is 0 Å². The van der Waals surface area contributed by atoms with Crippen LogP contribution >= 0.6 is 0 Å². The lowest BCUT2D eigenvalue weighted by Gasteiger charge is -2.23. The van der Waals surface area contributed by atoms with Crippen molar-refractivity contribution in [2.75, 3.05) is 41.3 Å². The second-order valence-corrected chi connectivity index (χ2v) is 5.00. The lowest BCUT2D eigenvalue weighted by Crippen LogP contribution is -2.36. The van der Waals surface area contributed by atoms with Gasteiger partial charge in [0.2, 0.25) is 0 Å². The molecule has 0 saturated carbocycles. The Hall–Kier alpha value is -1.62. The molecule has 0 aliphatic carbocycles. The SMILES string of the molecule is CN(C)C(=NCC(CO)Cc1ccccn1)N(C)C. The molecule has 1 atom stereocenters. The van der Waals surface area contributed by atoms with Gasteiger partial charge in [-0.3, -0.25) is 9.98 Å². The number of hydrogen-bond acceptors (Lipinski definition) is 3. The summed E-state index contributed by atoms with van der Waals surface area (Å²) < 4.78 is 0. The van der Waals surface area contributed by atoms with E-state index in [0.29, 0.717) is 6.54 Å². The summed E-state index contributed by atoms with van der Waals surface area (Å²) in [6.45, 7) is 0.715. The lowest BCUT2D eigenvalue weighted by atomic mass is 10.0. The van der Waals surface area contributed by atoms with Crippen molar-refractivity contribution in [1.29, 1.82) is 0 Å². The van der Waals surface area contributed by atoms with Crippen molar-refractivity contribution < 1.29 is 5.11 Å². The fraction of sp³-hybridized carbons (Fsp3) is 0.571. The largest absolute Gasteiger partial charge is 0.396 e. The van der Waals surface area contributed by atoms with Crippen LogP contribution in [0.2, 0.25) is 0 Å². The van der Waals surface area contributed by atoms with Gasteiger partial charge in [0, 0.05) is 59.2 Å². The number of aliphatic hydroxyl groups is 1. The molecular formula is C14H24N4O. The van der Waals surface area contributed by atoms with Crippen molar-refractivity contribution in [2.45, 2.75) is 6.42 Å². The first-order chi connectivity index (χ1) is 9.04. The van der Waals surface area contributed by atoms with Crippen LogP contribution in [0.4, 0.5) is 0 Å². The number of aromatic nitrogens is 1. The highest BCUT2D eigenvalue weighted by molar-refractivity contribution is 5.79. The van der Waals surface area contributed by atoms with Crippen molar-refractivity contribution >= 4 is 5.96 Å². The summed E-state index contributed by atoms with van der Waals surface area (Å²) in [5, 5.41) is 9.45. The Morgan fingerprint density at radius 1 is 1.26 bits per heavy atom. The maximum atomic E-state index is 9.45. The molecule has 1 unspecified atom stereocenters. The average Bonchev–Trinajstić information content (AvgIpc) is 2.38. The molecule has 106 valence electrons. The maximum absolute atomic E-state index is 9.45. The van der Waals surface area contributed by atoms with Crippen LogP contribution in [0.15, 0.2) is 29.4 Å². The molecule has 0 aliphatic rings. The lowest BCUT2D eigenvalue weighted by molar-refractivity contribution is 0.228. The molecule has 1 aromatic rings. The average molecular weight is 264 g/mol. The van der Waals surface area contributed by atoms with Crippen LogP contribution in [0.3, 0.4) is 0 Å². The Labute approximate surface area is 115 Å². The fourth-order valence-electron chi connectivity index (χ4n) is 1.90. The summed E-state index contributed by atoms with van der Waals surface area (Å²) in [6.07, 6.45) is 2.52. The van der Waals surface area contributed by atoms with E-state index >= 15 is 0 Å². The molecule has 1 N–H and O–H groups in total. The van der Waals surface area contributed by atoms with Crippen LogP contribution in [-0.4, -0.2) is 67.2 Å². The summed E-state index contributed by atoms with van der Waals surface area (Å²) in [7, 11) is 7.86. The minimum absolute atomic E-state index is 0.102. The van der Waals surface area contributed by atoms with Crippen LogP contribution in [-0.2, 0) is 6.42 Å². The number of aliphatic hydroxyl groups excluding tert-OH is 1. The van der Waals surface area contributed by atoms with E-state index in [0.717, 1.165) is 18.1 Å². The van der Waals surface area contributed by atoms with Crippen molar-refractivity contribution in [1.82, 2.24) is 14.8 Å². The first kappa shape index (κ1) is 15.4. The van der Waals surface area contributed by atoms with Gasteiger partial charge in [-0.15, -0.1) is 0 Å². The number of guanidine groups is 1. The molecule has 5 heteroatoms. The van der Waals surface area contributed by atoms with Gasteiger partial charge in [0.25, 0.3) is 0 Å². The zero-order valence-electron chi connectivity index (χ0n) is 12.2. The molecule has 1 rings (SSSR count). The van der Waals surface area contributed by atoms with E-state index in [9.17, 15) is 5.11 Å². The zero-order valence-corrected chi connectivity index (χ0v) is 12.2. The Bertz CT molecular complexity index is 380. The molecule has 19 heavy (non-hydrogen) atoms. The topological polar surface area (TPSA) is 52.0 Å². The predicted molar refractivity (Wildman–Crippen MR) is 78.2 cm³/mol. The van der Waals surface area contributed by atoms with Gasteiger partial charge in [-0.1, -0.05) is 6.07 Å². The van der Waals surface area contributed by atoms with E-state index in [2.05, 4.69) is 9.98 Å². The first-order valence-electron chi connectivity index (χ1n) is 6.44. The van der Waals surface area contributed by atoms with Crippen LogP contribution in [0.1, 0.15) is 5.69 Å². The molecule has 0 aromatic carbocycles. The van der Waals surface area contributed by atoms with Crippen molar-refractivity contribution in [3.05, 3.63) is 30.1 Å². The smallest absolute Gasteiger partial charge is 0.195 e.